The van der Waals surface area contributed by atoms with Gasteiger partial charge < -0.3 is 15.4 Å². The van der Waals surface area contributed by atoms with Crippen LogP contribution in [0.15, 0.2) is 48.5 Å². The van der Waals surface area contributed by atoms with Crippen molar-refractivity contribution in [1.82, 2.24) is 9.97 Å². The minimum absolute atomic E-state index is 0.398. The maximum atomic E-state index is 9.20. The molecule has 0 bridgehead atoms. The summed E-state index contributed by atoms with van der Waals surface area (Å²) >= 11 is 6.16. The van der Waals surface area contributed by atoms with Crippen LogP contribution in [0.4, 0.5) is 23.1 Å². The fourth-order valence-electron chi connectivity index (χ4n) is 2.39. The number of halogens is 1. The maximum Gasteiger partial charge on any atom is 0.229 e. The van der Waals surface area contributed by atoms with Gasteiger partial charge in [-0.2, -0.15) is 10.2 Å². The Morgan fingerprint density at radius 1 is 1.08 bits per heavy atom. The molecule has 0 spiro atoms. The molecule has 0 unspecified atom stereocenters. The number of aryl methyl sites for hydroxylation is 1. The summed E-state index contributed by atoms with van der Waals surface area (Å²) in [5.41, 5.74) is 2.73. The lowest BCUT2D eigenvalue weighted by Crippen LogP contribution is -2.03. The Kier molecular flexibility index (Phi) is 5.20. The molecule has 26 heavy (non-hydrogen) atoms. The van der Waals surface area contributed by atoms with Gasteiger partial charge in [0.05, 0.1) is 23.4 Å². The molecule has 3 aromatic rings. The van der Waals surface area contributed by atoms with Crippen molar-refractivity contribution in [3.05, 3.63) is 64.8 Å². The van der Waals surface area contributed by atoms with E-state index >= 15 is 0 Å². The molecule has 0 radical (unpaired) electrons. The number of nitriles is 1. The van der Waals surface area contributed by atoms with E-state index in [1.165, 1.54) is 0 Å². The molecule has 0 aliphatic carbocycles. The van der Waals surface area contributed by atoms with Gasteiger partial charge in [0.1, 0.15) is 17.6 Å². The Morgan fingerprint density at radius 3 is 2.62 bits per heavy atom. The first-order valence-electron chi connectivity index (χ1n) is 7.81. The lowest BCUT2D eigenvalue weighted by molar-refractivity contribution is 0.415. The average Bonchev–Trinajstić information content (AvgIpc) is 2.62. The van der Waals surface area contributed by atoms with Crippen LogP contribution in [0.5, 0.6) is 5.75 Å². The van der Waals surface area contributed by atoms with Gasteiger partial charge in [-0.25, -0.2) is 4.98 Å². The van der Waals surface area contributed by atoms with Crippen LogP contribution in [0.25, 0.3) is 0 Å². The fraction of sp³-hybridized carbons (Fsp3) is 0.105. The van der Waals surface area contributed by atoms with Crippen LogP contribution in [0.3, 0.4) is 0 Å². The number of methoxy groups -OCH3 is 1. The monoisotopic (exact) mass is 365 g/mol. The van der Waals surface area contributed by atoms with Crippen LogP contribution in [0.1, 0.15) is 11.3 Å². The minimum Gasteiger partial charge on any atom is -0.495 e. The van der Waals surface area contributed by atoms with Crippen LogP contribution < -0.4 is 15.4 Å². The molecule has 130 valence electrons. The van der Waals surface area contributed by atoms with Gasteiger partial charge in [0.25, 0.3) is 0 Å². The molecule has 6 nitrogen and oxygen atoms in total. The Morgan fingerprint density at radius 2 is 1.88 bits per heavy atom. The van der Waals surface area contributed by atoms with Crippen molar-refractivity contribution < 1.29 is 4.74 Å². The van der Waals surface area contributed by atoms with Crippen molar-refractivity contribution in [3.63, 3.8) is 0 Å². The first-order valence-corrected chi connectivity index (χ1v) is 8.19. The summed E-state index contributed by atoms with van der Waals surface area (Å²) in [6, 6.07) is 16.5. The second-order valence-electron chi connectivity index (χ2n) is 5.47. The quantitative estimate of drug-likeness (QED) is 0.675. The SMILES string of the molecule is COc1ccc(Nc2cc(C)nc(Nc3ccccc3C#N)n2)cc1Cl. The zero-order valence-corrected chi connectivity index (χ0v) is 15.0. The van der Waals surface area contributed by atoms with Crippen LogP contribution in [-0.2, 0) is 0 Å². The van der Waals surface area contributed by atoms with Crippen LogP contribution in [-0.4, -0.2) is 17.1 Å². The highest BCUT2D eigenvalue weighted by atomic mass is 35.5. The molecule has 1 aromatic heterocycles. The van der Waals surface area contributed by atoms with Gasteiger partial charge in [0.15, 0.2) is 0 Å². The number of nitrogens with zero attached hydrogens (tertiary/aromatic N) is 3. The van der Waals surface area contributed by atoms with Crippen molar-refractivity contribution in [2.45, 2.75) is 6.92 Å². The number of aromatic nitrogens is 2. The number of anilines is 4. The van der Waals surface area contributed by atoms with E-state index in [4.69, 9.17) is 16.3 Å². The smallest absolute Gasteiger partial charge is 0.229 e. The molecule has 0 aliphatic heterocycles. The van der Waals surface area contributed by atoms with Gasteiger partial charge in [-0.3, -0.25) is 0 Å². The lowest BCUT2D eigenvalue weighted by Gasteiger charge is -2.11. The van der Waals surface area contributed by atoms with Gasteiger partial charge in [-0.1, -0.05) is 23.7 Å². The minimum atomic E-state index is 0.398. The molecule has 0 atom stereocenters. The Hall–Kier alpha value is -3.30. The van der Waals surface area contributed by atoms with Crippen molar-refractivity contribution in [3.8, 4) is 11.8 Å². The second-order valence-corrected chi connectivity index (χ2v) is 5.88. The molecule has 7 heteroatoms. The first-order chi connectivity index (χ1) is 12.6. The molecule has 3 rings (SSSR count). The van der Waals surface area contributed by atoms with Crippen LogP contribution in [0, 0.1) is 18.3 Å². The number of hydrogen-bond donors (Lipinski definition) is 2. The molecule has 2 N–H and O–H groups in total. The highest BCUT2D eigenvalue weighted by molar-refractivity contribution is 6.32. The van der Waals surface area contributed by atoms with Crippen LogP contribution in [0.2, 0.25) is 5.02 Å². The van der Waals surface area contributed by atoms with E-state index in [0.29, 0.717) is 33.8 Å². The molecule has 0 saturated carbocycles. The predicted molar refractivity (Wildman–Crippen MR) is 102 cm³/mol. The average molecular weight is 366 g/mol. The predicted octanol–water partition coefficient (Wildman–Crippen LogP) is 4.81. The fourth-order valence-corrected chi connectivity index (χ4v) is 2.65. The zero-order chi connectivity index (χ0) is 18.5. The number of benzene rings is 2. The maximum absolute atomic E-state index is 9.20. The van der Waals surface area contributed by atoms with E-state index in [-0.39, 0.29) is 0 Å². The van der Waals surface area contributed by atoms with E-state index < -0.39 is 0 Å². The summed E-state index contributed by atoms with van der Waals surface area (Å²) in [6.45, 7) is 1.87. The van der Waals surface area contributed by atoms with Crippen molar-refractivity contribution >= 4 is 34.7 Å². The van der Waals surface area contributed by atoms with E-state index in [1.54, 1.807) is 37.4 Å². The summed E-state index contributed by atoms with van der Waals surface area (Å²) < 4.78 is 5.15. The Balaban J connectivity index is 1.86. The standard InChI is InChI=1S/C19H16ClN5O/c1-12-9-18(23-14-7-8-17(26-2)15(20)10-14)25-19(22-12)24-16-6-4-3-5-13(16)11-21/h3-10H,1-2H3,(H2,22,23,24,25). The highest BCUT2D eigenvalue weighted by Crippen LogP contribution is 2.29. The van der Waals surface area contributed by atoms with E-state index in [9.17, 15) is 5.26 Å². The third-order valence-corrected chi connectivity index (χ3v) is 3.87. The van der Waals surface area contributed by atoms with Crippen molar-refractivity contribution in [1.29, 1.82) is 5.26 Å². The summed E-state index contributed by atoms with van der Waals surface area (Å²) in [6.07, 6.45) is 0. The number of para-hydroxylation sites is 1. The lowest BCUT2D eigenvalue weighted by atomic mass is 10.2. The van der Waals surface area contributed by atoms with Gasteiger partial charge in [0.2, 0.25) is 5.95 Å². The molecule has 0 amide bonds. The number of nitrogens with one attached hydrogen (secondary N) is 2. The second kappa shape index (κ2) is 7.72. The van der Waals surface area contributed by atoms with Crippen molar-refractivity contribution in [2.75, 3.05) is 17.7 Å². The molecule has 0 aliphatic rings. The normalized spacial score (nSPS) is 10.1. The van der Waals surface area contributed by atoms with Crippen LogP contribution >= 0.6 is 11.6 Å². The number of ether oxygens (including phenoxy) is 1. The third kappa shape index (κ3) is 4.02. The van der Waals surface area contributed by atoms with Gasteiger partial charge in [-0.15, -0.1) is 0 Å². The van der Waals surface area contributed by atoms with Gasteiger partial charge >= 0.3 is 0 Å². The molecule has 2 aromatic carbocycles. The van der Waals surface area contributed by atoms with Gasteiger partial charge in [0, 0.05) is 17.4 Å². The van der Waals surface area contributed by atoms with E-state index in [2.05, 4.69) is 26.7 Å². The van der Waals surface area contributed by atoms with E-state index in [0.717, 1.165) is 11.4 Å². The first kappa shape index (κ1) is 17.5. The molecule has 0 saturated heterocycles. The Labute approximate surface area is 156 Å². The third-order valence-electron chi connectivity index (χ3n) is 3.57. The molecule has 1 heterocycles. The number of rotatable bonds is 5. The molecular weight excluding hydrogens is 350 g/mol. The topological polar surface area (TPSA) is 82.9 Å². The summed E-state index contributed by atoms with van der Waals surface area (Å²) in [5.74, 6) is 1.61. The zero-order valence-electron chi connectivity index (χ0n) is 14.2. The summed E-state index contributed by atoms with van der Waals surface area (Å²) in [4.78, 5) is 8.83. The summed E-state index contributed by atoms with van der Waals surface area (Å²) in [7, 11) is 1.57. The number of hydrogen-bond acceptors (Lipinski definition) is 6. The highest BCUT2D eigenvalue weighted by Gasteiger charge is 2.07. The van der Waals surface area contributed by atoms with E-state index in [1.807, 2.05) is 25.1 Å². The Bertz CT molecular complexity index is 984. The molecular formula is C19H16ClN5O. The largest absolute Gasteiger partial charge is 0.495 e. The molecule has 0 fully saturated rings. The van der Waals surface area contributed by atoms with Gasteiger partial charge in [-0.05, 0) is 37.3 Å². The summed E-state index contributed by atoms with van der Waals surface area (Å²) in [5, 5.41) is 16.0. The van der Waals surface area contributed by atoms with Crippen molar-refractivity contribution in [2.24, 2.45) is 0 Å².